The van der Waals surface area contributed by atoms with Crippen molar-refractivity contribution in [2.45, 2.75) is 24.6 Å². The van der Waals surface area contributed by atoms with Gasteiger partial charge in [-0.3, -0.25) is 4.79 Å². The van der Waals surface area contributed by atoms with Crippen LogP contribution in [0.5, 0.6) is 0 Å². The molecule has 19 heavy (non-hydrogen) atoms. The van der Waals surface area contributed by atoms with E-state index in [1.54, 1.807) is 42.3 Å². The number of thiazole rings is 1. The fourth-order valence-corrected chi connectivity index (χ4v) is 3.31. The smallest absolute Gasteiger partial charge is 0.254 e. The van der Waals surface area contributed by atoms with Crippen LogP contribution in [0.15, 0.2) is 26.4 Å². The average Bonchev–Trinajstić information content (AvgIpc) is 2.98. The summed E-state index contributed by atoms with van der Waals surface area (Å²) in [5, 5.41) is 4.87. The highest BCUT2D eigenvalue weighted by Crippen LogP contribution is 2.20. The fourth-order valence-electron chi connectivity index (χ4n) is 1.67. The number of hydrogen-bond acceptors (Lipinski definition) is 5. The maximum absolute atomic E-state index is 11.9. The van der Waals surface area contributed by atoms with Crippen molar-refractivity contribution in [3.63, 3.8) is 0 Å². The number of nitrogens with one attached hydrogen (secondary N) is 1. The third kappa shape index (κ3) is 4.11. The van der Waals surface area contributed by atoms with Gasteiger partial charge in [0.15, 0.2) is 0 Å². The van der Waals surface area contributed by atoms with E-state index in [4.69, 9.17) is 4.42 Å². The van der Waals surface area contributed by atoms with Crippen molar-refractivity contribution in [2.75, 3.05) is 12.3 Å². The Bertz CT molecular complexity index is 535. The van der Waals surface area contributed by atoms with Crippen molar-refractivity contribution < 1.29 is 9.21 Å². The zero-order chi connectivity index (χ0) is 13.7. The molecule has 0 atom stereocenters. The van der Waals surface area contributed by atoms with Crippen molar-refractivity contribution in [3.05, 3.63) is 34.7 Å². The van der Waals surface area contributed by atoms with E-state index in [0.717, 1.165) is 22.3 Å². The number of furan rings is 1. The molecule has 0 fully saturated rings. The molecule has 6 heteroatoms. The van der Waals surface area contributed by atoms with Gasteiger partial charge in [0.25, 0.3) is 5.91 Å². The Hall–Kier alpha value is -1.27. The first-order chi connectivity index (χ1) is 9.16. The Morgan fingerprint density at radius 3 is 3.00 bits per heavy atom. The summed E-state index contributed by atoms with van der Waals surface area (Å²) in [6, 6.07) is 1.77. The third-order valence-electron chi connectivity index (χ3n) is 2.53. The first kappa shape index (κ1) is 14.1. The first-order valence-corrected chi connectivity index (χ1v) is 7.91. The van der Waals surface area contributed by atoms with Crippen LogP contribution in [0.25, 0.3) is 0 Å². The molecule has 0 aromatic carbocycles. The van der Waals surface area contributed by atoms with Crippen LogP contribution >= 0.6 is 23.1 Å². The van der Waals surface area contributed by atoms with Gasteiger partial charge in [0.05, 0.1) is 5.56 Å². The third-order valence-corrected chi connectivity index (χ3v) is 4.58. The summed E-state index contributed by atoms with van der Waals surface area (Å²) in [4.78, 5) is 16.1. The van der Waals surface area contributed by atoms with Crippen LogP contribution in [0.3, 0.4) is 0 Å². The van der Waals surface area contributed by atoms with E-state index in [9.17, 15) is 4.79 Å². The summed E-state index contributed by atoms with van der Waals surface area (Å²) in [5.74, 6) is 2.33. The van der Waals surface area contributed by atoms with Crippen LogP contribution in [0, 0.1) is 13.8 Å². The Morgan fingerprint density at radius 1 is 1.53 bits per heavy atom. The normalized spacial score (nSPS) is 10.6. The monoisotopic (exact) mass is 296 g/mol. The maximum Gasteiger partial charge on any atom is 0.254 e. The molecule has 0 spiro atoms. The molecule has 1 N–H and O–H groups in total. The minimum Gasteiger partial charge on any atom is -0.466 e. The van der Waals surface area contributed by atoms with Crippen LogP contribution in [0.2, 0.25) is 0 Å². The summed E-state index contributed by atoms with van der Waals surface area (Å²) in [6.07, 6.45) is 2.73. The number of hydrogen-bond donors (Lipinski definition) is 1. The highest BCUT2D eigenvalue weighted by atomic mass is 32.2. The lowest BCUT2D eigenvalue weighted by molar-refractivity contribution is 0.0952. The largest absolute Gasteiger partial charge is 0.466 e. The molecule has 0 bridgehead atoms. The predicted molar refractivity (Wildman–Crippen MR) is 78.0 cm³/mol. The zero-order valence-corrected chi connectivity index (χ0v) is 12.6. The Balaban J connectivity index is 1.68. The average molecular weight is 296 g/mol. The van der Waals surface area contributed by atoms with Gasteiger partial charge in [-0.25, -0.2) is 4.98 Å². The number of rotatable bonds is 6. The van der Waals surface area contributed by atoms with Crippen molar-refractivity contribution in [1.29, 1.82) is 0 Å². The predicted octanol–water partition coefficient (Wildman–Crippen LogP) is 3.27. The minimum absolute atomic E-state index is 0.0615. The van der Waals surface area contributed by atoms with Gasteiger partial charge in [-0.2, -0.15) is 0 Å². The Labute approximate surface area is 120 Å². The van der Waals surface area contributed by atoms with Gasteiger partial charge >= 0.3 is 0 Å². The van der Waals surface area contributed by atoms with Crippen molar-refractivity contribution in [3.8, 4) is 0 Å². The van der Waals surface area contributed by atoms with Crippen molar-refractivity contribution in [1.82, 2.24) is 10.3 Å². The highest BCUT2D eigenvalue weighted by molar-refractivity contribution is 8.00. The van der Waals surface area contributed by atoms with E-state index in [1.165, 1.54) is 0 Å². The molecule has 0 saturated heterocycles. The number of carbonyl (C=O) groups is 1. The fraction of sp³-hybridized carbons (Fsp3) is 0.385. The minimum atomic E-state index is -0.0615. The second kappa shape index (κ2) is 6.77. The molecule has 0 saturated carbocycles. The molecule has 2 heterocycles. The summed E-state index contributed by atoms with van der Waals surface area (Å²) in [6.45, 7) is 4.32. The van der Waals surface area contributed by atoms with E-state index >= 15 is 0 Å². The lowest BCUT2D eigenvalue weighted by Crippen LogP contribution is -2.24. The van der Waals surface area contributed by atoms with Gasteiger partial charge in [-0.05, 0) is 26.3 Å². The van der Waals surface area contributed by atoms with E-state index < -0.39 is 0 Å². The second-order valence-electron chi connectivity index (χ2n) is 4.08. The SMILES string of the molecule is Cc1cc(C(=O)NCCCSc2nccs2)c(C)o1. The molecule has 2 aromatic heterocycles. The molecule has 2 aromatic rings. The lowest BCUT2D eigenvalue weighted by Gasteiger charge is -2.03. The van der Waals surface area contributed by atoms with Crippen molar-refractivity contribution in [2.24, 2.45) is 0 Å². The van der Waals surface area contributed by atoms with Crippen molar-refractivity contribution >= 4 is 29.0 Å². The van der Waals surface area contributed by atoms with Crippen LogP contribution < -0.4 is 5.32 Å². The van der Waals surface area contributed by atoms with Gasteiger partial charge in [0, 0.05) is 23.9 Å². The number of carbonyl (C=O) groups excluding carboxylic acids is 1. The number of aryl methyl sites for hydroxylation is 2. The van der Waals surface area contributed by atoms with E-state index in [0.29, 0.717) is 17.9 Å². The van der Waals surface area contributed by atoms with Crippen LogP contribution in [-0.4, -0.2) is 23.2 Å². The van der Waals surface area contributed by atoms with Gasteiger partial charge < -0.3 is 9.73 Å². The summed E-state index contributed by atoms with van der Waals surface area (Å²) < 4.78 is 6.42. The van der Waals surface area contributed by atoms with E-state index in [1.807, 2.05) is 12.3 Å². The maximum atomic E-state index is 11.9. The standard InChI is InChI=1S/C13H16N2O2S2/c1-9-8-11(10(2)17-9)12(16)14-4-3-6-18-13-15-5-7-19-13/h5,7-8H,3-4,6H2,1-2H3,(H,14,16). The molecule has 0 unspecified atom stereocenters. The summed E-state index contributed by atoms with van der Waals surface area (Å²) >= 11 is 3.36. The number of nitrogens with zero attached hydrogens (tertiary/aromatic N) is 1. The van der Waals surface area contributed by atoms with Crippen LogP contribution in [0.1, 0.15) is 28.3 Å². The highest BCUT2D eigenvalue weighted by Gasteiger charge is 2.12. The van der Waals surface area contributed by atoms with Gasteiger partial charge in [-0.15, -0.1) is 11.3 Å². The molecule has 4 nitrogen and oxygen atoms in total. The van der Waals surface area contributed by atoms with E-state index in [-0.39, 0.29) is 5.91 Å². The van der Waals surface area contributed by atoms with Crippen LogP contribution in [0.4, 0.5) is 0 Å². The van der Waals surface area contributed by atoms with Crippen LogP contribution in [-0.2, 0) is 0 Å². The van der Waals surface area contributed by atoms with Gasteiger partial charge in [-0.1, -0.05) is 11.8 Å². The molecule has 0 aliphatic rings. The number of amides is 1. The quantitative estimate of drug-likeness (QED) is 0.656. The van der Waals surface area contributed by atoms with Gasteiger partial charge in [0.2, 0.25) is 0 Å². The molecular weight excluding hydrogens is 280 g/mol. The summed E-state index contributed by atoms with van der Waals surface area (Å²) in [5.41, 5.74) is 0.630. The molecule has 0 radical (unpaired) electrons. The molecule has 0 aliphatic heterocycles. The first-order valence-electron chi connectivity index (χ1n) is 6.04. The Kier molecular flexibility index (Phi) is 5.04. The molecule has 102 valence electrons. The zero-order valence-electron chi connectivity index (χ0n) is 10.9. The van der Waals surface area contributed by atoms with E-state index in [2.05, 4.69) is 10.3 Å². The molecular formula is C13H16N2O2S2. The number of thioether (sulfide) groups is 1. The Morgan fingerprint density at radius 2 is 2.37 bits per heavy atom. The molecule has 1 amide bonds. The second-order valence-corrected chi connectivity index (χ2v) is 6.32. The van der Waals surface area contributed by atoms with Gasteiger partial charge in [0.1, 0.15) is 15.9 Å². The molecule has 2 rings (SSSR count). The topological polar surface area (TPSA) is 55.1 Å². The number of aromatic nitrogens is 1. The summed E-state index contributed by atoms with van der Waals surface area (Å²) in [7, 11) is 0. The molecule has 0 aliphatic carbocycles. The lowest BCUT2D eigenvalue weighted by atomic mass is 10.2.